The maximum atomic E-state index is 11.9. The van der Waals surface area contributed by atoms with Gasteiger partial charge in [-0.2, -0.15) is 0 Å². The van der Waals surface area contributed by atoms with E-state index in [0.29, 0.717) is 18.8 Å². The van der Waals surface area contributed by atoms with Crippen LogP contribution in [0.2, 0.25) is 12.1 Å². The first-order chi connectivity index (χ1) is 10.9. The Hall–Kier alpha value is -0.653. The van der Waals surface area contributed by atoms with Crippen molar-refractivity contribution >= 4 is 14.5 Å². The molecule has 0 fully saturated rings. The maximum Gasteiger partial charge on any atom is 0.337 e. The van der Waals surface area contributed by atoms with E-state index in [1.54, 1.807) is 6.92 Å². The fourth-order valence-corrected chi connectivity index (χ4v) is 5.56. The standard InChI is InChI=1S/C18H36O4Si/c1-7-11-12-13-17(22-18(19)16(5)6)14-15-23(10-4,20-8-2)21-9-3/h17H,5,7-15H2,1-4,6H3. The second-order valence-corrected chi connectivity index (χ2v) is 9.58. The van der Waals surface area contributed by atoms with Gasteiger partial charge in [-0.05, 0) is 52.1 Å². The highest BCUT2D eigenvalue weighted by Crippen LogP contribution is 2.25. The van der Waals surface area contributed by atoms with Gasteiger partial charge in [0.2, 0.25) is 0 Å². The van der Waals surface area contributed by atoms with Gasteiger partial charge in [-0.3, -0.25) is 0 Å². The molecular formula is C18H36O4Si. The van der Waals surface area contributed by atoms with Crippen LogP contribution in [0.15, 0.2) is 12.2 Å². The number of carbonyl (C=O) groups excluding carboxylic acids is 1. The van der Waals surface area contributed by atoms with E-state index in [9.17, 15) is 4.79 Å². The Labute approximate surface area is 143 Å². The van der Waals surface area contributed by atoms with Crippen LogP contribution in [0, 0.1) is 0 Å². The zero-order valence-corrected chi connectivity index (χ0v) is 16.8. The minimum Gasteiger partial charge on any atom is -0.459 e. The molecule has 0 bridgehead atoms. The van der Waals surface area contributed by atoms with E-state index in [-0.39, 0.29) is 12.1 Å². The van der Waals surface area contributed by atoms with Crippen molar-refractivity contribution in [1.29, 1.82) is 0 Å². The van der Waals surface area contributed by atoms with Crippen molar-refractivity contribution in [3.05, 3.63) is 12.2 Å². The van der Waals surface area contributed by atoms with Crippen molar-refractivity contribution < 1.29 is 18.4 Å². The highest BCUT2D eigenvalue weighted by Gasteiger charge is 2.35. The predicted molar refractivity (Wildman–Crippen MR) is 97.7 cm³/mol. The summed E-state index contributed by atoms with van der Waals surface area (Å²) in [7, 11) is -2.17. The second kappa shape index (κ2) is 12.7. The fraction of sp³-hybridized carbons (Fsp3) is 0.833. The summed E-state index contributed by atoms with van der Waals surface area (Å²) in [6.45, 7) is 15.0. The van der Waals surface area contributed by atoms with Crippen molar-refractivity contribution in [2.75, 3.05) is 13.2 Å². The third-order valence-corrected chi connectivity index (χ3v) is 7.71. The summed E-state index contributed by atoms with van der Waals surface area (Å²) in [6.07, 6.45) is 5.04. The summed E-state index contributed by atoms with van der Waals surface area (Å²) >= 11 is 0. The van der Waals surface area contributed by atoms with Gasteiger partial charge in [0.05, 0.1) is 0 Å². The Morgan fingerprint density at radius 2 is 1.65 bits per heavy atom. The molecule has 0 amide bonds. The second-order valence-electron chi connectivity index (χ2n) is 5.97. The normalized spacial score (nSPS) is 12.9. The van der Waals surface area contributed by atoms with Crippen LogP contribution in [0.4, 0.5) is 0 Å². The van der Waals surface area contributed by atoms with E-state index >= 15 is 0 Å². The van der Waals surface area contributed by atoms with Gasteiger partial charge in [-0.1, -0.05) is 33.3 Å². The molecule has 23 heavy (non-hydrogen) atoms. The van der Waals surface area contributed by atoms with Gasteiger partial charge in [0, 0.05) is 18.8 Å². The Balaban J connectivity index is 4.75. The molecule has 0 aliphatic rings. The van der Waals surface area contributed by atoms with Crippen LogP contribution >= 0.6 is 0 Å². The molecule has 1 unspecified atom stereocenters. The molecule has 0 N–H and O–H groups in total. The van der Waals surface area contributed by atoms with E-state index in [0.717, 1.165) is 44.2 Å². The number of rotatable bonds is 14. The first-order valence-corrected chi connectivity index (χ1v) is 11.3. The number of unbranched alkanes of at least 4 members (excludes halogenated alkanes) is 2. The van der Waals surface area contributed by atoms with Crippen molar-refractivity contribution in [3.63, 3.8) is 0 Å². The lowest BCUT2D eigenvalue weighted by Crippen LogP contribution is -2.42. The molecule has 0 spiro atoms. The van der Waals surface area contributed by atoms with Crippen molar-refractivity contribution in [1.82, 2.24) is 0 Å². The molecule has 0 aromatic heterocycles. The van der Waals surface area contributed by atoms with Gasteiger partial charge < -0.3 is 13.6 Å². The molecule has 0 saturated heterocycles. The lowest BCUT2D eigenvalue weighted by atomic mass is 10.1. The van der Waals surface area contributed by atoms with Crippen molar-refractivity contribution in [2.45, 2.75) is 84.9 Å². The number of hydrogen-bond donors (Lipinski definition) is 0. The summed E-state index contributed by atoms with van der Waals surface area (Å²) in [6, 6.07) is 1.79. The average molecular weight is 345 g/mol. The number of carbonyl (C=O) groups is 1. The molecule has 0 rings (SSSR count). The van der Waals surface area contributed by atoms with E-state index in [4.69, 9.17) is 13.6 Å². The summed E-state index contributed by atoms with van der Waals surface area (Å²) in [5.74, 6) is -0.289. The molecule has 4 nitrogen and oxygen atoms in total. The van der Waals surface area contributed by atoms with E-state index in [2.05, 4.69) is 20.4 Å². The van der Waals surface area contributed by atoms with Crippen LogP contribution < -0.4 is 0 Å². The Bertz CT molecular complexity index is 338. The van der Waals surface area contributed by atoms with Gasteiger partial charge >= 0.3 is 14.5 Å². The van der Waals surface area contributed by atoms with Gasteiger partial charge in [-0.25, -0.2) is 4.79 Å². The number of esters is 1. The maximum absolute atomic E-state index is 11.9. The Morgan fingerprint density at radius 3 is 2.09 bits per heavy atom. The van der Waals surface area contributed by atoms with Gasteiger partial charge in [0.1, 0.15) is 6.10 Å². The van der Waals surface area contributed by atoms with E-state index in [1.807, 2.05) is 13.8 Å². The molecule has 0 saturated carbocycles. The lowest BCUT2D eigenvalue weighted by Gasteiger charge is -2.30. The highest BCUT2D eigenvalue weighted by molar-refractivity contribution is 6.67. The molecule has 0 radical (unpaired) electrons. The lowest BCUT2D eigenvalue weighted by molar-refractivity contribution is -0.144. The third kappa shape index (κ3) is 9.28. The summed E-state index contributed by atoms with van der Waals surface area (Å²) < 4.78 is 17.6. The Morgan fingerprint density at radius 1 is 1.04 bits per heavy atom. The minimum atomic E-state index is -2.17. The smallest absolute Gasteiger partial charge is 0.337 e. The van der Waals surface area contributed by atoms with Crippen LogP contribution in [-0.4, -0.2) is 33.8 Å². The van der Waals surface area contributed by atoms with Crippen LogP contribution in [-0.2, 0) is 18.4 Å². The molecular weight excluding hydrogens is 308 g/mol. The van der Waals surface area contributed by atoms with Crippen LogP contribution in [0.5, 0.6) is 0 Å². The molecule has 136 valence electrons. The van der Waals surface area contributed by atoms with Crippen LogP contribution in [0.25, 0.3) is 0 Å². The molecule has 0 aromatic carbocycles. The molecule has 0 heterocycles. The topological polar surface area (TPSA) is 44.8 Å². The first-order valence-electron chi connectivity index (χ1n) is 9.09. The third-order valence-electron chi connectivity index (χ3n) is 3.95. The average Bonchev–Trinajstić information content (AvgIpc) is 2.52. The predicted octanol–water partition coefficient (Wildman–Crippen LogP) is 4.98. The summed E-state index contributed by atoms with van der Waals surface area (Å²) in [4.78, 5) is 11.9. The molecule has 5 heteroatoms. The van der Waals surface area contributed by atoms with E-state index in [1.165, 1.54) is 0 Å². The minimum absolute atomic E-state index is 0.0647. The van der Waals surface area contributed by atoms with Gasteiger partial charge in [-0.15, -0.1) is 0 Å². The quantitative estimate of drug-likeness (QED) is 0.193. The van der Waals surface area contributed by atoms with E-state index < -0.39 is 8.56 Å². The van der Waals surface area contributed by atoms with Gasteiger partial charge in [0.25, 0.3) is 0 Å². The first kappa shape index (κ1) is 22.3. The molecule has 1 atom stereocenters. The van der Waals surface area contributed by atoms with Crippen molar-refractivity contribution in [2.24, 2.45) is 0 Å². The van der Waals surface area contributed by atoms with Crippen LogP contribution in [0.3, 0.4) is 0 Å². The Kier molecular flexibility index (Phi) is 12.4. The van der Waals surface area contributed by atoms with Crippen molar-refractivity contribution in [3.8, 4) is 0 Å². The molecule has 0 aliphatic carbocycles. The monoisotopic (exact) mass is 344 g/mol. The SMILES string of the molecule is C=C(C)C(=O)OC(CCCCC)CC[Si](CC)(OCC)OCC. The molecule has 0 aromatic rings. The molecule has 0 aliphatic heterocycles. The summed E-state index contributed by atoms with van der Waals surface area (Å²) in [5.41, 5.74) is 0.458. The highest BCUT2D eigenvalue weighted by atomic mass is 28.4. The summed E-state index contributed by atoms with van der Waals surface area (Å²) in [5, 5.41) is 0. The largest absolute Gasteiger partial charge is 0.459 e. The van der Waals surface area contributed by atoms with Crippen LogP contribution in [0.1, 0.15) is 66.7 Å². The number of ether oxygens (including phenoxy) is 1. The van der Waals surface area contributed by atoms with Gasteiger partial charge in [0.15, 0.2) is 0 Å². The zero-order valence-electron chi connectivity index (χ0n) is 15.8. The zero-order chi connectivity index (χ0) is 17.7. The fourth-order valence-electron chi connectivity index (χ4n) is 2.61. The number of hydrogen-bond acceptors (Lipinski definition) is 4.